The second-order valence-corrected chi connectivity index (χ2v) is 5.61. The molecule has 1 aliphatic carbocycles. The number of hydrogen-bond donors (Lipinski definition) is 1. The summed E-state index contributed by atoms with van der Waals surface area (Å²) in [5.74, 6) is 2.73. The van der Waals surface area contributed by atoms with E-state index in [1.807, 2.05) is 0 Å². The van der Waals surface area contributed by atoms with Crippen molar-refractivity contribution in [2.24, 2.45) is 17.8 Å². The first-order chi connectivity index (χ1) is 7.19. The van der Waals surface area contributed by atoms with E-state index in [0.717, 1.165) is 23.8 Å². The smallest absolute Gasteiger partial charge is 0.0118 e. The van der Waals surface area contributed by atoms with Gasteiger partial charge in [0.25, 0.3) is 0 Å². The lowest BCUT2D eigenvalue weighted by atomic mass is 9.74. The summed E-state index contributed by atoms with van der Waals surface area (Å²) < 4.78 is 0. The Morgan fingerprint density at radius 1 is 1.33 bits per heavy atom. The van der Waals surface area contributed by atoms with Gasteiger partial charge in [0.2, 0.25) is 0 Å². The van der Waals surface area contributed by atoms with E-state index in [-0.39, 0.29) is 0 Å². The Morgan fingerprint density at radius 2 is 2.07 bits per heavy atom. The molecule has 0 amide bonds. The van der Waals surface area contributed by atoms with Crippen LogP contribution in [0.2, 0.25) is 0 Å². The van der Waals surface area contributed by atoms with Gasteiger partial charge in [-0.3, -0.25) is 0 Å². The van der Waals surface area contributed by atoms with E-state index in [2.05, 4.69) is 33.1 Å². The Bertz CT molecular complexity index is 167. The molecule has 0 spiro atoms. The maximum absolute atomic E-state index is 3.58. The summed E-state index contributed by atoms with van der Waals surface area (Å²) >= 11 is 0. The van der Waals surface area contributed by atoms with Crippen molar-refractivity contribution >= 4 is 0 Å². The summed E-state index contributed by atoms with van der Waals surface area (Å²) in [5, 5.41) is 3.58. The highest BCUT2D eigenvalue weighted by Gasteiger charge is 2.28. The molecule has 15 heavy (non-hydrogen) atoms. The molecule has 1 aliphatic rings. The van der Waals surface area contributed by atoms with Crippen LogP contribution in [-0.2, 0) is 0 Å². The van der Waals surface area contributed by atoms with E-state index >= 15 is 0 Å². The van der Waals surface area contributed by atoms with Crippen LogP contribution in [0.3, 0.4) is 0 Å². The van der Waals surface area contributed by atoms with Gasteiger partial charge in [-0.15, -0.1) is 0 Å². The summed E-state index contributed by atoms with van der Waals surface area (Å²) in [6, 6.07) is 0.757. The summed E-state index contributed by atoms with van der Waals surface area (Å²) in [5.41, 5.74) is 0. The van der Waals surface area contributed by atoms with Gasteiger partial charge in [-0.2, -0.15) is 0 Å². The first-order valence-electron chi connectivity index (χ1n) is 6.86. The van der Waals surface area contributed by atoms with E-state index in [0.29, 0.717) is 0 Å². The molecule has 0 aliphatic heterocycles. The van der Waals surface area contributed by atoms with Crippen LogP contribution >= 0.6 is 0 Å². The minimum atomic E-state index is 0.757. The Kier molecular flexibility index (Phi) is 5.66. The average Bonchev–Trinajstić information content (AvgIpc) is 2.19. The second kappa shape index (κ2) is 6.52. The van der Waals surface area contributed by atoms with Gasteiger partial charge in [0.15, 0.2) is 0 Å². The summed E-state index contributed by atoms with van der Waals surface area (Å²) in [6.07, 6.45) is 8.49. The van der Waals surface area contributed by atoms with Crippen molar-refractivity contribution in [2.75, 3.05) is 7.05 Å². The molecule has 0 radical (unpaired) electrons. The second-order valence-electron chi connectivity index (χ2n) is 5.61. The molecule has 0 heterocycles. The van der Waals surface area contributed by atoms with Crippen molar-refractivity contribution in [3.05, 3.63) is 0 Å². The molecular formula is C14H29N. The Balaban J connectivity index is 2.48. The largest absolute Gasteiger partial charge is 0.316 e. The highest BCUT2D eigenvalue weighted by molar-refractivity contribution is 4.83. The number of rotatable bonds is 5. The minimum absolute atomic E-state index is 0.757. The predicted octanol–water partition coefficient (Wildman–Crippen LogP) is 3.84. The van der Waals surface area contributed by atoms with Crippen LogP contribution in [0.4, 0.5) is 0 Å². The van der Waals surface area contributed by atoms with Crippen LogP contribution < -0.4 is 5.32 Å². The lowest BCUT2D eigenvalue weighted by Crippen LogP contribution is -2.41. The van der Waals surface area contributed by atoms with Gasteiger partial charge in [0.05, 0.1) is 0 Å². The van der Waals surface area contributed by atoms with Gasteiger partial charge in [0.1, 0.15) is 0 Å². The average molecular weight is 211 g/mol. The molecule has 1 heteroatoms. The molecule has 1 fully saturated rings. The molecule has 0 aromatic heterocycles. The van der Waals surface area contributed by atoms with Gasteiger partial charge in [-0.1, -0.05) is 40.0 Å². The zero-order chi connectivity index (χ0) is 11.3. The summed E-state index contributed by atoms with van der Waals surface area (Å²) in [7, 11) is 2.15. The van der Waals surface area contributed by atoms with Crippen molar-refractivity contribution in [3.63, 3.8) is 0 Å². The zero-order valence-electron chi connectivity index (χ0n) is 11.1. The SMILES string of the molecule is CCCC(C)C(NC)C1CCCC(C)C1. The molecule has 1 saturated carbocycles. The topological polar surface area (TPSA) is 12.0 Å². The van der Waals surface area contributed by atoms with Crippen LogP contribution in [0, 0.1) is 17.8 Å². The van der Waals surface area contributed by atoms with Crippen LogP contribution in [-0.4, -0.2) is 13.1 Å². The zero-order valence-corrected chi connectivity index (χ0v) is 11.1. The van der Waals surface area contributed by atoms with Gasteiger partial charge in [-0.25, -0.2) is 0 Å². The quantitative estimate of drug-likeness (QED) is 0.728. The molecule has 4 atom stereocenters. The molecule has 1 N–H and O–H groups in total. The minimum Gasteiger partial charge on any atom is -0.316 e. The first-order valence-corrected chi connectivity index (χ1v) is 6.86. The van der Waals surface area contributed by atoms with E-state index in [1.54, 1.807) is 0 Å². The monoisotopic (exact) mass is 211 g/mol. The molecule has 0 aromatic carbocycles. The molecule has 90 valence electrons. The van der Waals surface area contributed by atoms with Crippen molar-refractivity contribution in [3.8, 4) is 0 Å². The lowest BCUT2D eigenvalue weighted by Gasteiger charge is -2.36. The Morgan fingerprint density at radius 3 is 2.60 bits per heavy atom. The van der Waals surface area contributed by atoms with E-state index in [4.69, 9.17) is 0 Å². The molecule has 1 nitrogen and oxygen atoms in total. The summed E-state index contributed by atoms with van der Waals surface area (Å²) in [4.78, 5) is 0. The van der Waals surface area contributed by atoms with Crippen molar-refractivity contribution in [1.82, 2.24) is 5.32 Å². The van der Waals surface area contributed by atoms with Gasteiger partial charge < -0.3 is 5.32 Å². The third-order valence-electron chi connectivity index (χ3n) is 4.18. The molecule has 0 saturated heterocycles. The van der Waals surface area contributed by atoms with Gasteiger partial charge in [0, 0.05) is 6.04 Å². The first kappa shape index (κ1) is 13.0. The molecule has 0 aromatic rings. The lowest BCUT2D eigenvalue weighted by molar-refractivity contribution is 0.184. The molecule has 0 bridgehead atoms. The summed E-state index contributed by atoms with van der Waals surface area (Å²) in [6.45, 7) is 7.14. The van der Waals surface area contributed by atoms with Crippen molar-refractivity contribution < 1.29 is 0 Å². The molecule has 4 unspecified atom stereocenters. The third kappa shape index (κ3) is 3.79. The van der Waals surface area contributed by atoms with Gasteiger partial charge in [-0.05, 0) is 44.1 Å². The standard InChI is InChI=1S/C14H29N/c1-5-7-12(3)14(15-4)13-9-6-8-11(2)10-13/h11-15H,5-10H2,1-4H3. The fourth-order valence-corrected chi connectivity index (χ4v) is 3.43. The van der Waals surface area contributed by atoms with Crippen LogP contribution in [0.25, 0.3) is 0 Å². The molecular weight excluding hydrogens is 182 g/mol. The fourth-order valence-electron chi connectivity index (χ4n) is 3.43. The number of nitrogens with one attached hydrogen (secondary N) is 1. The Hall–Kier alpha value is -0.0400. The maximum Gasteiger partial charge on any atom is 0.0118 e. The maximum atomic E-state index is 3.58. The van der Waals surface area contributed by atoms with E-state index < -0.39 is 0 Å². The van der Waals surface area contributed by atoms with Crippen molar-refractivity contribution in [2.45, 2.75) is 65.3 Å². The fraction of sp³-hybridized carbons (Fsp3) is 1.00. The highest BCUT2D eigenvalue weighted by Crippen LogP contribution is 2.33. The van der Waals surface area contributed by atoms with E-state index in [1.165, 1.54) is 38.5 Å². The van der Waals surface area contributed by atoms with Crippen LogP contribution in [0.1, 0.15) is 59.3 Å². The van der Waals surface area contributed by atoms with Gasteiger partial charge >= 0.3 is 0 Å². The third-order valence-corrected chi connectivity index (χ3v) is 4.18. The van der Waals surface area contributed by atoms with Crippen molar-refractivity contribution in [1.29, 1.82) is 0 Å². The number of hydrogen-bond acceptors (Lipinski definition) is 1. The normalized spacial score (nSPS) is 31.2. The Labute approximate surface area is 96.0 Å². The molecule has 1 rings (SSSR count). The predicted molar refractivity (Wildman–Crippen MR) is 68.0 cm³/mol. The van der Waals surface area contributed by atoms with Crippen LogP contribution in [0.5, 0.6) is 0 Å². The van der Waals surface area contributed by atoms with E-state index in [9.17, 15) is 0 Å². The highest BCUT2D eigenvalue weighted by atomic mass is 14.9. The van der Waals surface area contributed by atoms with Crippen LogP contribution in [0.15, 0.2) is 0 Å².